The molecule has 0 atom stereocenters. The molecule has 2 fully saturated rings. The Kier molecular flexibility index (Phi) is 14.5. The summed E-state index contributed by atoms with van der Waals surface area (Å²) in [4.78, 5) is 0. The van der Waals surface area contributed by atoms with Gasteiger partial charge in [-0.2, -0.15) is 0 Å². The van der Waals surface area contributed by atoms with Crippen LogP contribution in [0.3, 0.4) is 0 Å². The van der Waals surface area contributed by atoms with E-state index in [1.54, 1.807) is 16.4 Å². The molecule has 3 aromatic carbocycles. The van der Waals surface area contributed by atoms with Gasteiger partial charge in [-0.05, 0) is 89.2 Å². The van der Waals surface area contributed by atoms with Gasteiger partial charge in [-0.1, -0.05) is 143 Å². The maximum absolute atomic E-state index is 2.44. The third-order valence-electron chi connectivity index (χ3n) is 7.91. The largest absolute Gasteiger partial charge is 0.0684 e. The smallest absolute Gasteiger partial charge is 0.0103 e. The molecule has 0 saturated heterocycles. The minimum absolute atomic E-state index is 0.0835. The molecule has 2 aliphatic rings. The van der Waals surface area contributed by atoms with Crippen molar-refractivity contribution in [1.82, 2.24) is 0 Å². The molecule has 0 aliphatic heterocycles. The molecule has 2 aliphatic carbocycles. The molecule has 5 rings (SSSR count). The Balaban J connectivity index is 0.000000750. The number of rotatable bonds is 4. The second-order valence-electron chi connectivity index (χ2n) is 9.92. The summed E-state index contributed by atoms with van der Waals surface area (Å²) < 4.78 is 0. The molecule has 0 radical (unpaired) electrons. The molecule has 3 aromatic rings. The van der Waals surface area contributed by atoms with E-state index in [0.717, 1.165) is 11.3 Å². The van der Waals surface area contributed by atoms with Gasteiger partial charge in [0.15, 0.2) is 0 Å². The number of aryl methyl sites for hydroxylation is 1. The molecule has 1 heteroatoms. The van der Waals surface area contributed by atoms with E-state index in [1.807, 2.05) is 41.5 Å². The Bertz CT molecular complexity index is 1010. The lowest BCUT2D eigenvalue weighted by Gasteiger charge is -2.40. The third-order valence-corrected chi connectivity index (χ3v) is 11.7. The first-order chi connectivity index (χ1) is 18.2. The quantitative estimate of drug-likeness (QED) is 0.301. The maximum atomic E-state index is 2.44. The average molecular weight is 519 g/mol. The predicted molar refractivity (Wildman–Crippen MR) is 173 cm³/mol. The SMILES string of the molecule is CC.CC.CC.Cc1ccc(-c2cccc3ccccc23)c(C)c1P(C1CCCCC1)C1CCCCC1. The molecule has 2 saturated carbocycles. The number of fused-ring (bicyclic) bond motifs is 1. The summed E-state index contributed by atoms with van der Waals surface area (Å²) in [5.74, 6) is 0. The number of hydrogen-bond donors (Lipinski definition) is 0. The third kappa shape index (κ3) is 7.69. The Morgan fingerprint density at radius 3 is 1.62 bits per heavy atom. The van der Waals surface area contributed by atoms with Gasteiger partial charge in [-0.15, -0.1) is 0 Å². The zero-order chi connectivity index (χ0) is 27.2. The second-order valence-corrected chi connectivity index (χ2v) is 12.6. The zero-order valence-electron chi connectivity index (χ0n) is 25.4. The van der Waals surface area contributed by atoms with Gasteiger partial charge in [0.05, 0.1) is 0 Å². The molecule has 0 bridgehead atoms. The molecule has 37 heavy (non-hydrogen) atoms. The highest BCUT2D eigenvalue weighted by Gasteiger charge is 2.34. The van der Waals surface area contributed by atoms with Gasteiger partial charge in [0.2, 0.25) is 0 Å². The fourth-order valence-electron chi connectivity index (χ4n) is 6.37. The van der Waals surface area contributed by atoms with Crippen molar-refractivity contribution in [2.45, 2.75) is 131 Å². The van der Waals surface area contributed by atoms with E-state index in [4.69, 9.17) is 0 Å². The van der Waals surface area contributed by atoms with Crippen LogP contribution in [-0.2, 0) is 0 Å². The van der Waals surface area contributed by atoms with Gasteiger partial charge in [-0.25, -0.2) is 0 Å². The van der Waals surface area contributed by atoms with E-state index >= 15 is 0 Å². The molecule has 0 spiro atoms. The summed E-state index contributed by atoms with van der Waals surface area (Å²) in [6, 6.07) is 20.6. The Morgan fingerprint density at radius 2 is 1.05 bits per heavy atom. The van der Waals surface area contributed by atoms with Crippen molar-refractivity contribution in [2.24, 2.45) is 0 Å². The van der Waals surface area contributed by atoms with Crippen LogP contribution in [-0.4, -0.2) is 11.3 Å². The van der Waals surface area contributed by atoms with Crippen molar-refractivity contribution in [2.75, 3.05) is 0 Å². The van der Waals surface area contributed by atoms with Crippen LogP contribution in [0.4, 0.5) is 0 Å². The predicted octanol–water partition coefficient (Wildman–Crippen LogP) is 12.0. The van der Waals surface area contributed by atoms with Crippen LogP contribution in [0, 0.1) is 13.8 Å². The van der Waals surface area contributed by atoms with Crippen LogP contribution >= 0.6 is 7.92 Å². The Hall–Kier alpha value is -1.65. The zero-order valence-corrected chi connectivity index (χ0v) is 26.3. The minimum atomic E-state index is -0.0835. The molecule has 0 amide bonds. The molecule has 204 valence electrons. The van der Waals surface area contributed by atoms with Gasteiger partial charge in [0.1, 0.15) is 0 Å². The van der Waals surface area contributed by atoms with Crippen molar-refractivity contribution in [3.05, 3.63) is 65.7 Å². The second kappa shape index (κ2) is 17.0. The van der Waals surface area contributed by atoms with E-state index < -0.39 is 0 Å². The van der Waals surface area contributed by atoms with Crippen molar-refractivity contribution in [1.29, 1.82) is 0 Å². The summed E-state index contributed by atoms with van der Waals surface area (Å²) in [7, 11) is -0.0835. The fourth-order valence-corrected chi connectivity index (χ4v) is 10.5. The van der Waals surface area contributed by atoms with Crippen LogP contribution in [0.25, 0.3) is 21.9 Å². The summed E-state index contributed by atoms with van der Waals surface area (Å²) >= 11 is 0. The normalized spacial score (nSPS) is 16.1. The van der Waals surface area contributed by atoms with E-state index in [9.17, 15) is 0 Å². The highest BCUT2D eigenvalue weighted by molar-refractivity contribution is 7.67. The van der Waals surface area contributed by atoms with Crippen LogP contribution in [0.1, 0.15) is 117 Å². The summed E-state index contributed by atoms with van der Waals surface area (Å²) in [5.41, 5.74) is 7.93. The van der Waals surface area contributed by atoms with E-state index in [1.165, 1.54) is 86.1 Å². The first-order valence-electron chi connectivity index (χ1n) is 15.6. The van der Waals surface area contributed by atoms with E-state index in [2.05, 4.69) is 68.4 Å². The Morgan fingerprint density at radius 1 is 0.541 bits per heavy atom. The topological polar surface area (TPSA) is 0 Å². The monoisotopic (exact) mass is 518 g/mol. The number of hydrogen-bond acceptors (Lipinski definition) is 0. The lowest BCUT2D eigenvalue weighted by molar-refractivity contribution is 0.487. The van der Waals surface area contributed by atoms with E-state index in [0.29, 0.717) is 0 Å². The first kappa shape index (κ1) is 31.6. The van der Waals surface area contributed by atoms with Crippen molar-refractivity contribution in [3.8, 4) is 11.1 Å². The highest BCUT2D eigenvalue weighted by atomic mass is 31.1. The molecule has 0 aromatic heterocycles. The van der Waals surface area contributed by atoms with Crippen LogP contribution in [0.15, 0.2) is 54.6 Å². The summed E-state index contributed by atoms with van der Waals surface area (Å²) in [6.45, 7) is 16.8. The van der Waals surface area contributed by atoms with Gasteiger partial charge in [0.25, 0.3) is 0 Å². The van der Waals surface area contributed by atoms with Gasteiger partial charge in [0, 0.05) is 0 Å². The first-order valence-corrected chi connectivity index (χ1v) is 17.1. The molecular weight excluding hydrogens is 463 g/mol. The van der Waals surface area contributed by atoms with Gasteiger partial charge in [-0.3, -0.25) is 0 Å². The van der Waals surface area contributed by atoms with Crippen molar-refractivity contribution < 1.29 is 0 Å². The minimum Gasteiger partial charge on any atom is -0.0684 e. The molecule has 0 N–H and O–H groups in total. The Labute approximate surface area is 231 Å². The molecule has 0 heterocycles. The van der Waals surface area contributed by atoms with Crippen LogP contribution < -0.4 is 5.30 Å². The molecule has 0 unspecified atom stereocenters. The van der Waals surface area contributed by atoms with Gasteiger partial charge >= 0.3 is 0 Å². The van der Waals surface area contributed by atoms with Crippen molar-refractivity contribution >= 4 is 24.0 Å². The average Bonchev–Trinajstić information content (AvgIpc) is 2.99. The summed E-state index contributed by atoms with van der Waals surface area (Å²) in [5, 5.41) is 4.52. The molecule has 0 nitrogen and oxygen atoms in total. The van der Waals surface area contributed by atoms with Crippen molar-refractivity contribution in [3.63, 3.8) is 0 Å². The fraction of sp³-hybridized carbons (Fsp3) is 0.556. The van der Waals surface area contributed by atoms with E-state index in [-0.39, 0.29) is 7.92 Å². The van der Waals surface area contributed by atoms with Crippen LogP contribution in [0.2, 0.25) is 0 Å². The maximum Gasteiger partial charge on any atom is -0.0103 e. The van der Waals surface area contributed by atoms with Crippen LogP contribution in [0.5, 0.6) is 0 Å². The lowest BCUT2D eigenvalue weighted by atomic mass is 9.94. The highest BCUT2D eigenvalue weighted by Crippen LogP contribution is 2.56. The summed E-state index contributed by atoms with van der Waals surface area (Å²) in [6.07, 6.45) is 14.6. The number of benzene rings is 3. The lowest BCUT2D eigenvalue weighted by Crippen LogP contribution is -2.29. The molecular formula is C36H55P. The van der Waals surface area contributed by atoms with Gasteiger partial charge < -0.3 is 0 Å². The standard InChI is InChI=1S/C30H37P.3C2H6/c1-22-20-21-27(29-19-11-13-24-12-9-10-18-28(24)29)23(2)30(22)31(25-14-5-3-6-15-25)26-16-7-4-8-17-26;3*1-2/h9-13,18-21,25-26H,3-8,14-17H2,1-2H3;3*1-2H3.